The Hall–Kier alpha value is -0.730. The number of nitrogens with one attached hydrogen (secondary N) is 2. The number of hydrogen-bond acceptors (Lipinski definition) is 3. The highest BCUT2D eigenvalue weighted by Gasteiger charge is 2.25. The predicted molar refractivity (Wildman–Crippen MR) is 76.2 cm³/mol. The van der Waals surface area contributed by atoms with Crippen molar-refractivity contribution in [3.05, 3.63) is 34.6 Å². The molecule has 1 fully saturated rings. The fourth-order valence-electron chi connectivity index (χ4n) is 2.05. The molecule has 1 aromatic carbocycles. The van der Waals surface area contributed by atoms with Gasteiger partial charge in [-0.1, -0.05) is 17.7 Å². The van der Waals surface area contributed by atoms with Gasteiger partial charge in [0.1, 0.15) is 5.82 Å². The molecule has 5 nitrogen and oxygen atoms in total. The van der Waals surface area contributed by atoms with Crippen LogP contribution in [0.1, 0.15) is 12.0 Å². The average Bonchev–Trinajstić information content (AvgIpc) is 2.85. The summed E-state index contributed by atoms with van der Waals surface area (Å²) in [6.45, 7) is 1.28. The third-order valence-electron chi connectivity index (χ3n) is 3.23. The molecule has 0 saturated carbocycles. The minimum Gasteiger partial charge on any atom is -0.315 e. The standard InChI is InChI=1S/C12H17ClFN3O2S/c1-17(8-10-11(13)3-2-4-12(10)14)20(18,19)16-9-5-6-15-7-9/h2-4,9,15-16H,5-8H2,1H3. The van der Waals surface area contributed by atoms with E-state index in [9.17, 15) is 12.8 Å². The molecule has 0 amide bonds. The summed E-state index contributed by atoms with van der Waals surface area (Å²) in [5.74, 6) is -0.512. The van der Waals surface area contributed by atoms with Crippen molar-refractivity contribution in [2.45, 2.75) is 19.0 Å². The van der Waals surface area contributed by atoms with Crippen LogP contribution in [-0.2, 0) is 16.8 Å². The van der Waals surface area contributed by atoms with E-state index in [4.69, 9.17) is 11.6 Å². The summed E-state index contributed by atoms with van der Waals surface area (Å²) >= 11 is 5.90. The molecule has 1 aliphatic rings. The highest BCUT2D eigenvalue weighted by atomic mass is 35.5. The molecule has 1 atom stereocenters. The average molecular weight is 322 g/mol. The van der Waals surface area contributed by atoms with Crippen molar-refractivity contribution in [3.8, 4) is 0 Å². The first kappa shape index (κ1) is 15.7. The largest absolute Gasteiger partial charge is 0.315 e. The molecule has 20 heavy (non-hydrogen) atoms. The number of nitrogens with zero attached hydrogens (tertiary/aromatic N) is 1. The van der Waals surface area contributed by atoms with Gasteiger partial charge >= 0.3 is 0 Å². The predicted octanol–water partition coefficient (Wildman–Crippen LogP) is 1.11. The Labute approximate surface area is 123 Å². The summed E-state index contributed by atoms with van der Waals surface area (Å²) in [5.41, 5.74) is 0.173. The zero-order valence-electron chi connectivity index (χ0n) is 11.1. The zero-order chi connectivity index (χ0) is 14.8. The Balaban J connectivity index is 2.08. The van der Waals surface area contributed by atoms with Crippen LogP contribution in [0, 0.1) is 5.82 Å². The first-order chi connectivity index (χ1) is 9.40. The lowest BCUT2D eigenvalue weighted by atomic mass is 10.2. The lowest BCUT2D eigenvalue weighted by Gasteiger charge is -2.21. The summed E-state index contributed by atoms with van der Waals surface area (Å²) in [5, 5.41) is 3.29. The van der Waals surface area contributed by atoms with Gasteiger partial charge in [-0.15, -0.1) is 0 Å². The highest BCUT2D eigenvalue weighted by molar-refractivity contribution is 7.87. The van der Waals surface area contributed by atoms with E-state index in [1.165, 1.54) is 25.2 Å². The Kier molecular flexibility index (Phi) is 4.98. The van der Waals surface area contributed by atoms with Crippen molar-refractivity contribution in [2.75, 3.05) is 20.1 Å². The minimum absolute atomic E-state index is 0.110. The van der Waals surface area contributed by atoms with E-state index in [2.05, 4.69) is 10.0 Å². The maximum Gasteiger partial charge on any atom is 0.279 e. The van der Waals surface area contributed by atoms with Crippen LogP contribution in [0.2, 0.25) is 5.02 Å². The van der Waals surface area contributed by atoms with Crippen LogP contribution in [0.15, 0.2) is 18.2 Å². The first-order valence-electron chi connectivity index (χ1n) is 6.27. The molecule has 2 N–H and O–H groups in total. The molecule has 1 saturated heterocycles. The van der Waals surface area contributed by atoms with Crippen molar-refractivity contribution < 1.29 is 12.8 Å². The maximum atomic E-state index is 13.7. The van der Waals surface area contributed by atoms with Crippen LogP contribution in [0.3, 0.4) is 0 Å². The second-order valence-corrected chi connectivity index (χ2v) is 6.99. The third-order valence-corrected chi connectivity index (χ3v) is 5.16. The summed E-state index contributed by atoms with van der Waals surface area (Å²) in [6.07, 6.45) is 0.744. The summed E-state index contributed by atoms with van der Waals surface area (Å²) in [7, 11) is -2.26. The van der Waals surface area contributed by atoms with Crippen molar-refractivity contribution in [1.29, 1.82) is 0 Å². The summed E-state index contributed by atoms with van der Waals surface area (Å²) in [6, 6.07) is 4.15. The molecule has 0 aliphatic carbocycles. The lowest BCUT2D eigenvalue weighted by Crippen LogP contribution is -2.44. The Morgan fingerprint density at radius 2 is 2.30 bits per heavy atom. The number of hydrogen-bond donors (Lipinski definition) is 2. The quantitative estimate of drug-likeness (QED) is 0.854. The molecule has 0 radical (unpaired) electrons. The number of rotatable bonds is 5. The SMILES string of the molecule is CN(Cc1c(F)cccc1Cl)S(=O)(=O)NC1CCNC1. The molecular weight excluding hydrogens is 305 g/mol. The van der Waals surface area contributed by atoms with Crippen molar-refractivity contribution in [1.82, 2.24) is 14.3 Å². The summed E-state index contributed by atoms with van der Waals surface area (Å²) in [4.78, 5) is 0. The van der Waals surface area contributed by atoms with Gasteiger partial charge in [-0.2, -0.15) is 17.4 Å². The zero-order valence-corrected chi connectivity index (χ0v) is 12.6. The van der Waals surface area contributed by atoms with E-state index in [1.54, 1.807) is 0 Å². The summed E-state index contributed by atoms with van der Waals surface area (Å²) < 4.78 is 41.6. The van der Waals surface area contributed by atoms with Crippen LogP contribution >= 0.6 is 11.6 Å². The van der Waals surface area contributed by atoms with Crippen LogP contribution < -0.4 is 10.0 Å². The van der Waals surface area contributed by atoms with Gasteiger partial charge < -0.3 is 5.32 Å². The van der Waals surface area contributed by atoms with Crippen LogP contribution in [0.25, 0.3) is 0 Å². The second-order valence-electron chi connectivity index (χ2n) is 4.77. The van der Waals surface area contributed by atoms with Crippen molar-refractivity contribution >= 4 is 21.8 Å². The van der Waals surface area contributed by atoms with Gasteiger partial charge in [-0.05, 0) is 25.1 Å². The van der Waals surface area contributed by atoms with Gasteiger partial charge in [0.15, 0.2) is 0 Å². The molecule has 8 heteroatoms. The second kappa shape index (κ2) is 6.36. The molecule has 0 spiro atoms. The highest BCUT2D eigenvalue weighted by Crippen LogP contribution is 2.21. The molecule has 1 heterocycles. The van der Waals surface area contributed by atoms with E-state index in [1.807, 2.05) is 0 Å². The Morgan fingerprint density at radius 1 is 1.55 bits per heavy atom. The molecule has 1 aliphatic heterocycles. The monoisotopic (exact) mass is 321 g/mol. The Bertz CT molecular complexity index is 556. The normalized spacial score (nSPS) is 19.7. The molecule has 1 unspecified atom stereocenters. The van der Waals surface area contributed by atoms with Gasteiger partial charge in [0, 0.05) is 36.8 Å². The maximum absolute atomic E-state index is 13.7. The van der Waals surface area contributed by atoms with Crippen LogP contribution in [0.5, 0.6) is 0 Å². The minimum atomic E-state index is -3.66. The number of benzene rings is 1. The molecule has 2 rings (SSSR count). The van der Waals surface area contributed by atoms with Gasteiger partial charge in [-0.25, -0.2) is 4.39 Å². The van der Waals surface area contributed by atoms with E-state index in [0.29, 0.717) is 6.54 Å². The van der Waals surface area contributed by atoms with E-state index in [-0.39, 0.29) is 23.2 Å². The van der Waals surface area contributed by atoms with Crippen molar-refractivity contribution in [2.24, 2.45) is 0 Å². The molecule has 1 aromatic rings. The topological polar surface area (TPSA) is 61.4 Å². The van der Waals surface area contributed by atoms with Crippen LogP contribution in [0.4, 0.5) is 4.39 Å². The molecule has 112 valence electrons. The third kappa shape index (κ3) is 3.67. The molecular formula is C12H17ClFN3O2S. The smallest absolute Gasteiger partial charge is 0.279 e. The molecule has 0 aromatic heterocycles. The van der Waals surface area contributed by atoms with E-state index < -0.39 is 16.0 Å². The molecule has 0 bridgehead atoms. The first-order valence-corrected chi connectivity index (χ1v) is 8.09. The van der Waals surface area contributed by atoms with Gasteiger partial charge in [0.25, 0.3) is 10.2 Å². The fraction of sp³-hybridized carbons (Fsp3) is 0.500. The number of halogens is 2. The Morgan fingerprint density at radius 3 is 2.90 bits per heavy atom. The van der Waals surface area contributed by atoms with Crippen molar-refractivity contribution in [3.63, 3.8) is 0 Å². The van der Waals surface area contributed by atoms with E-state index in [0.717, 1.165) is 17.3 Å². The fourth-order valence-corrected chi connectivity index (χ4v) is 3.37. The lowest BCUT2D eigenvalue weighted by molar-refractivity contribution is 0.438. The van der Waals surface area contributed by atoms with E-state index >= 15 is 0 Å². The van der Waals surface area contributed by atoms with Gasteiger partial charge in [0.05, 0.1) is 0 Å². The van der Waals surface area contributed by atoms with Crippen LogP contribution in [-0.4, -0.2) is 38.9 Å². The van der Waals surface area contributed by atoms with Gasteiger partial charge in [0.2, 0.25) is 0 Å². The van der Waals surface area contributed by atoms with Gasteiger partial charge in [-0.3, -0.25) is 0 Å².